The summed E-state index contributed by atoms with van der Waals surface area (Å²) in [4.78, 5) is 15.6. The number of aromatic nitrogens is 1. The lowest BCUT2D eigenvalue weighted by Gasteiger charge is -2.03. The number of nitrogens with one attached hydrogen (secondary N) is 1. The maximum atomic E-state index is 11.0. The molecule has 0 fully saturated rings. The molecular formula is C16H15N3O3S. The summed E-state index contributed by atoms with van der Waals surface area (Å²) in [6.45, 7) is 0.205. The first-order chi connectivity index (χ1) is 11.2. The van der Waals surface area contributed by atoms with Gasteiger partial charge in [0.1, 0.15) is 16.4 Å². The molecule has 0 atom stereocenters. The van der Waals surface area contributed by atoms with Gasteiger partial charge < -0.3 is 14.8 Å². The maximum Gasteiger partial charge on any atom is 0.188 e. The molecule has 6 nitrogen and oxygen atoms in total. The molecule has 0 bridgehead atoms. The standard InChI is InChI=1S/C16H15N3O3S/c1-17-12-5-3-10(7-14(12)19-20)16-18-13-6-4-11(22-9-21-2)8-15(13)23-16/h3-8,17H,9H2,1-2H3. The lowest BCUT2D eigenvalue weighted by molar-refractivity contribution is 0.0512. The van der Waals surface area contributed by atoms with Crippen LogP contribution in [0.2, 0.25) is 0 Å². The zero-order chi connectivity index (χ0) is 16.2. The van der Waals surface area contributed by atoms with Crippen LogP contribution in [0.3, 0.4) is 0 Å². The van der Waals surface area contributed by atoms with E-state index in [1.54, 1.807) is 20.2 Å². The molecule has 3 aromatic rings. The summed E-state index contributed by atoms with van der Waals surface area (Å²) in [5, 5.41) is 6.83. The van der Waals surface area contributed by atoms with E-state index in [4.69, 9.17) is 9.47 Å². The number of methoxy groups -OCH3 is 1. The molecule has 1 aromatic heterocycles. The Hall–Kier alpha value is -2.51. The minimum absolute atomic E-state index is 0.205. The lowest BCUT2D eigenvalue weighted by Crippen LogP contribution is -1.98. The minimum Gasteiger partial charge on any atom is -0.468 e. The van der Waals surface area contributed by atoms with Crippen molar-refractivity contribution in [3.63, 3.8) is 0 Å². The van der Waals surface area contributed by atoms with Crippen molar-refractivity contribution in [1.29, 1.82) is 0 Å². The Labute approximate surface area is 137 Å². The fourth-order valence-electron chi connectivity index (χ4n) is 2.20. The van der Waals surface area contributed by atoms with Gasteiger partial charge >= 0.3 is 0 Å². The molecule has 0 unspecified atom stereocenters. The van der Waals surface area contributed by atoms with Crippen molar-refractivity contribution in [2.75, 3.05) is 26.3 Å². The van der Waals surface area contributed by atoms with Gasteiger partial charge in [-0.3, -0.25) is 0 Å². The number of nitroso groups, excluding NO2 is 1. The molecule has 0 saturated heterocycles. The van der Waals surface area contributed by atoms with Crippen LogP contribution in [0.15, 0.2) is 41.6 Å². The highest BCUT2D eigenvalue weighted by Crippen LogP contribution is 2.36. The average Bonchev–Trinajstić information content (AvgIpc) is 3.02. The zero-order valence-corrected chi connectivity index (χ0v) is 13.5. The lowest BCUT2D eigenvalue weighted by atomic mass is 10.2. The van der Waals surface area contributed by atoms with Crippen LogP contribution in [0.4, 0.5) is 11.4 Å². The molecule has 0 saturated carbocycles. The Bertz CT molecular complexity index is 848. The molecule has 0 aliphatic rings. The van der Waals surface area contributed by atoms with Gasteiger partial charge in [-0.1, -0.05) is 0 Å². The van der Waals surface area contributed by atoms with Crippen LogP contribution in [0, 0.1) is 4.91 Å². The van der Waals surface area contributed by atoms with Crippen LogP contribution >= 0.6 is 11.3 Å². The maximum absolute atomic E-state index is 11.0. The monoisotopic (exact) mass is 329 g/mol. The third-order valence-corrected chi connectivity index (χ3v) is 4.38. The van der Waals surface area contributed by atoms with E-state index in [0.29, 0.717) is 11.4 Å². The highest BCUT2D eigenvalue weighted by molar-refractivity contribution is 7.21. The molecule has 0 aliphatic heterocycles. The zero-order valence-electron chi connectivity index (χ0n) is 12.7. The predicted molar refractivity (Wildman–Crippen MR) is 92.6 cm³/mol. The second-order valence-corrected chi connectivity index (χ2v) is 5.80. The van der Waals surface area contributed by atoms with Crippen molar-refractivity contribution in [3.8, 4) is 16.3 Å². The normalized spacial score (nSPS) is 10.7. The quantitative estimate of drug-likeness (QED) is 0.536. The minimum atomic E-state index is 0.205. The van der Waals surface area contributed by atoms with Gasteiger partial charge in [0.15, 0.2) is 6.79 Å². The van der Waals surface area contributed by atoms with Crippen molar-refractivity contribution in [1.82, 2.24) is 4.98 Å². The van der Waals surface area contributed by atoms with E-state index in [9.17, 15) is 4.91 Å². The first-order valence-corrected chi connectivity index (χ1v) is 7.74. The Balaban J connectivity index is 1.98. The van der Waals surface area contributed by atoms with E-state index in [1.165, 1.54) is 11.3 Å². The number of thiazole rings is 1. The first kappa shape index (κ1) is 15.4. The van der Waals surface area contributed by atoms with Crippen molar-refractivity contribution in [2.45, 2.75) is 0 Å². The van der Waals surface area contributed by atoms with Crippen molar-refractivity contribution >= 4 is 32.9 Å². The van der Waals surface area contributed by atoms with Crippen LogP contribution in [-0.4, -0.2) is 25.9 Å². The summed E-state index contributed by atoms with van der Waals surface area (Å²) in [6, 6.07) is 11.2. The van der Waals surface area contributed by atoms with Crippen molar-refractivity contribution in [3.05, 3.63) is 41.3 Å². The molecule has 1 heterocycles. The number of benzene rings is 2. The summed E-state index contributed by atoms with van der Waals surface area (Å²) in [5.41, 5.74) is 2.81. The van der Waals surface area contributed by atoms with Crippen LogP contribution in [0.25, 0.3) is 20.8 Å². The van der Waals surface area contributed by atoms with E-state index in [2.05, 4.69) is 15.5 Å². The first-order valence-electron chi connectivity index (χ1n) is 6.93. The van der Waals surface area contributed by atoms with Gasteiger partial charge in [0, 0.05) is 19.7 Å². The second kappa shape index (κ2) is 6.72. The number of fused-ring (bicyclic) bond motifs is 1. The molecule has 0 amide bonds. The Morgan fingerprint density at radius 2 is 2.13 bits per heavy atom. The topological polar surface area (TPSA) is 72.8 Å². The summed E-state index contributed by atoms with van der Waals surface area (Å²) in [6.07, 6.45) is 0. The molecular weight excluding hydrogens is 314 g/mol. The number of nitrogens with zero attached hydrogens (tertiary/aromatic N) is 2. The van der Waals surface area contributed by atoms with Gasteiger partial charge in [-0.15, -0.1) is 16.2 Å². The van der Waals surface area contributed by atoms with E-state index < -0.39 is 0 Å². The van der Waals surface area contributed by atoms with E-state index >= 15 is 0 Å². The molecule has 23 heavy (non-hydrogen) atoms. The summed E-state index contributed by atoms with van der Waals surface area (Å²) >= 11 is 1.53. The molecule has 0 aliphatic carbocycles. The van der Waals surface area contributed by atoms with Crippen LogP contribution in [-0.2, 0) is 4.74 Å². The van der Waals surface area contributed by atoms with Crippen molar-refractivity contribution < 1.29 is 9.47 Å². The summed E-state index contributed by atoms with van der Waals surface area (Å²) < 4.78 is 11.3. The highest BCUT2D eigenvalue weighted by atomic mass is 32.1. The largest absolute Gasteiger partial charge is 0.468 e. The second-order valence-electron chi connectivity index (χ2n) is 4.77. The van der Waals surface area contributed by atoms with Gasteiger partial charge in [0.25, 0.3) is 0 Å². The van der Waals surface area contributed by atoms with E-state index in [1.807, 2.05) is 30.3 Å². The van der Waals surface area contributed by atoms with E-state index in [0.717, 1.165) is 26.5 Å². The van der Waals surface area contributed by atoms with Gasteiger partial charge in [-0.25, -0.2) is 4.98 Å². The smallest absolute Gasteiger partial charge is 0.188 e. The molecule has 7 heteroatoms. The number of hydrogen-bond acceptors (Lipinski definition) is 7. The fraction of sp³-hybridized carbons (Fsp3) is 0.188. The highest BCUT2D eigenvalue weighted by Gasteiger charge is 2.10. The van der Waals surface area contributed by atoms with Crippen molar-refractivity contribution in [2.24, 2.45) is 5.18 Å². The molecule has 0 spiro atoms. The number of anilines is 1. The van der Waals surface area contributed by atoms with Gasteiger partial charge in [-0.2, -0.15) is 0 Å². The van der Waals surface area contributed by atoms with Gasteiger partial charge in [0.2, 0.25) is 0 Å². The van der Waals surface area contributed by atoms with Gasteiger partial charge in [0.05, 0.1) is 15.9 Å². The molecule has 0 radical (unpaired) electrons. The molecule has 118 valence electrons. The predicted octanol–water partition coefficient (Wildman–Crippen LogP) is 4.39. The average molecular weight is 329 g/mol. The number of rotatable bonds is 6. The summed E-state index contributed by atoms with van der Waals surface area (Å²) in [7, 11) is 3.33. The number of ether oxygens (including phenoxy) is 2. The Morgan fingerprint density at radius 3 is 2.87 bits per heavy atom. The Kier molecular flexibility index (Phi) is 4.50. The number of hydrogen-bond donors (Lipinski definition) is 1. The third kappa shape index (κ3) is 3.15. The Morgan fingerprint density at radius 1 is 1.26 bits per heavy atom. The van der Waals surface area contributed by atoms with Gasteiger partial charge in [-0.05, 0) is 41.6 Å². The van der Waals surface area contributed by atoms with E-state index in [-0.39, 0.29) is 6.79 Å². The SMILES string of the molecule is CNc1ccc(-c2nc3ccc(OCOC)cc3s2)cc1N=O. The van der Waals surface area contributed by atoms with Crippen LogP contribution in [0.1, 0.15) is 0 Å². The van der Waals surface area contributed by atoms with Crippen LogP contribution in [0.5, 0.6) is 5.75 Å². The summed E-state index contributed by atoms with van der Waals surface area (Å²) in [5.74, 6) is 0.732. The molecule has 1 N–H and O–H groups in total. The third-order valence-electron chi connectivity index (χ3n) is 3.32. The molecule has 2 aromatic carbocycles. The molecule has 3 rings (SSSR count). The fourth-order valence-corrected chi connectivity index (χ4v) is 3.19. The van der Waals surface area contributed by atoms with Crippen LogP contribution < -0.4 is 10.1 Å².